The molecule has 0 atom stereocenters. The zero-order valence-electron chi connectivity index (χ0n) is 11.8. The average molecular weight is 270 g/mol. The van der Waals surface area contributed by atoms with Crippen molar-refractivity contribution < 1.29 is 4.74 Å². The molecule has 3 rings (SSSR count). The molecule has 1 aromatic carbocycles. The smallest absolute Gasteiger partial charge is 0.204 e. The lowest BCUT2D eigenvalue weighted by Gasteiger charge is -2.31. The maximum Gasteiger partial charge on any atom is 0.204 e. The third-order valence-electron chi connectivity index (χ3n) is 3.63. The van der Waals surface area contributed by atoms with Crippen molar-refractivity contribution >= 4 is 17.3 Å². The number of aromatic nitrogens is 2. The van der Waals surface area contributed by atoms with Crippen molar-refractivity contribution in [1.82, 2.24) is 9.97 Å². The summed E-state index contributed by atoms with van der Waals surface area (Å²) in [6.45, 7) is 3.02. The SMILES string of the molecule is COc1c(N)ncnc1N1CCCc2cc(C)ccc21. The van der Waals surface area contributed by atoms with Crippen LogP contribution < -0.4 is 15.4 Å². The van der Waals surface area contributed by atoms with Crippen LogP contribution in [0.5, 0.6) is 5.75 Å². The molecule has 1 aliphatic rings. The second kappa shape index (κ2) is 5.00. The lowest BCUT2D eigenvalue weighted by Crippen LogP contribution is -2.26. The van der Waals surface area contributed by atoms with Crippen LogP contribution in [0, 0.1) is 6.92 Å². The Morgan fingerprint density at radius 1 is 1.30 bits per heavy atom. The van der Waals surface area contributed by atoms with Crippen LogP contribution in [-0.2, 0) is 6.42 Å². The van der Waals surface area contributed by atoms with E-state index in [1.807, 2.05) is 0 Å². The lowest BCUT2D eigenvalue weighted by molar-refractivity contribution is 0.413. The van der Waals surface area contributed by atoms with E-state index >= 15 is 0 Å². The highest BCUT2D eigenvalue weighted by molar-refractivity contribution is 5.73. The van der Waals surface area contributed by atoms with Crippen LogP contribution in [0.1, 0.15) is 17.5 Å². The van der Waals surface area contributed by atoms with Crippen LogP contribution in [0.25, 0.3) is 0 Å². The zero-order valence-corrected chi connectivity index (χ0v) is 11.8. The molecule has 2 heterocycles. The van der Waals surface area contributed by atoms with Gasteiger partial charge in [0.25, 0.3) is 0 Å². The molecule has 2 aromatic rings. The van der Waals surface area contributed by atoms with Gasteiger partial charge in [-0.25, -0.2) is 9.97 Å². The van der Waals surface area contributed by atoms with Crippen LogP contribution in [0.2, 0.25) is 0 Å². The molecular formula is C15H18N4O. The Morgan fingerprint density at radius 3 is 2.95 bits per heavy atom. The van der Waals surface area contributed by atoms with Crippen molar-refractivity contribution in [2.45, 2.75) is 19.8 Å². The van der Waals surface area contributed by atoms with Crippen LogP contribution in [0.15, 0.2) is 24.5 Å². The fourth-order valence-corrected chi connectivity index (χ4v) is 2.71. The van der Waals surface area contributed by atoms with Crippen molar-refractivity contribution in [3.05, 3.63) is 35.7 Å². The van der Waals surface area contributed by atoms with Crippen molar-refractivity contribution in [2.75, 3.05) is 24.3 Å². The summed E-state index contributed by atoms with van der Waals surface area (Å²) in [6, 6.07) is 6.49. The van der Waals surface area contributed by atoms with Gasteiger partial charge in [-0.3, -0.25) is 0 Å². The number of ether oxygens (including phenoxy) is 1. The molecule has 104 valence electrons. The molecule has 0 spiro atoms. The fourth-order valence-electron chi connectivity index (χ4n) is 2.71. The van der Waals surface area contributed by atoms with Crippen LogP contribution >= 0.6 is 0 Å². The third-order valence-corrected chi connectivity index (χ3v) is 3.63. The first-order valence-electron chi connectivity index (χ1n) is 6.72. The van der Waals surface area contributed by atoms with Crippen LogP contribution in [-0.4, -0.2) is 23.6 Å². The van der Waals surface area contributed by atoms with Gasteiger partial charge < -0.3 is 15.4 Å². The Hall–Kier alpha value is -2.30. The molecule has 2 N–H and O–H groups in total. The molecule has 0 amide bonds. The van der Waals surface area contributed by atoms with E-state index in [1.165, 1.54) is 23.1 Å². The van der Waals surface area contributed by atoms with E-state index in [0.717, 1.165) is 25.2 Å². The van der Waals surface area contributed by atoms with Gasteiger partial charge in [-0.05, 0) is 31.4 Å². The quantitative estimate of drug-likeness (QED) is 0.908. The predicted molar refractivity (Wildman–Crippen MR) is 79.5 cm³/mol. The summed E-state index contributed by atoms with van der Waals surface area (Å²) in [7, 11) is 1.60. The number of nitrogen functional groups attached to an aromatic ring is 1. The Kier molecular flexibility index (Phi) is 3.18. The van der Waals surface area contributed by atoms with E-state index < -0.39 is 0 Å². The summed E-state index contributed by atoms with van der Waals surface area (Å²) in [5.41, 5.74) is 9.68. The van der Waals surface area contributed by atoms with Gasteiger partial charge in [-0.15, -0.1) is 0 Å². The molecule has 0 saturated carbocycles. The molecule has 5 heteroatoms. The van der Waals surface area contributed by atoms with Crippen molar-refractivity contribution in [2.24, 2.45) is 0 Å². The number of hydrogen-bond acceptors (Lipinski definition) is 5. The predicted octanol–water partition coefficient (Wildman–Crippen LogP) is 2.46. The van der Waals surface area contributed by atoms with E-state index in [2.05, 4.69) is 40.0 Å². The van der Waals surface area contributed by atoms with E-state index in [-0.39, 0.29) is 0 Å². The van der Waals surface area contributed by atoms with Crippen LogP contribution in [0.4, 0.5) is 17.3 Å². The van der Waals surface area contributed by atoms with Gasteiger partial charge in [0.2, 0.25) is 5.75 Å². The number of methoxy groups -OCH3 is 1. The van der Waals surface area contributed by atoms with E-state index in [0.29, 0.717) is 11.6 Å². The average Bonchev–Trinajstić information content (AvgIpc) is 2.46. The Morgan fingerprint density at radius 2 is 2.15 bits per heavy atom. The monoisotopic (exact) mass is 270 g/mol. The van der Waals surface area contributed by atoms with E-state index in [9.17, 15) is 0 Å². The molecule has 0 radical (unpaired) electrons. The topological polar surface area (TPSA) is 64.3 Å². The van der Waals surface area contributed by atoms with Crippen molar-refractivity contribution in [3.63, 3.8) is 0 Å². The highest BCUT2D eigenvalue weighted by atomic mass is 16.5. The Labute approximate surface area is 118 Å². The first-order valence-corrected chi connectivity index (χ1v) is 6.72. The molecule has 0 bridgehead atoms. The summed E-state index contributed by atoms with van der Waals surface area (Å²) >= 11 is 0. The molecule has 1 aromatic heterocycles. The summed E-state index contributed by atoms with van der Waals surface area (Å²) in [6.07, 6.45) is 3.66. The van der Waals surface area contributed by atoms with Gasteiger partial charge in [0.1, 0.15) is 6.33 Å². The molecule has 1 aliphatic heterocycles. The van der Waals surface area contributed by atoms with Gasteiger partial charge in [0.05, 0.1) is 7.11 Å². The zero-order chi connectivity index (χ0) is 14.1. The first kappa shape index (κ1) is 12.7. The molecule has 5 nitrogen and oxygen atoms in total. The minimum atomic E-state index is 0.372. The number of anilines is 3. The number of benzene rings is 1. The Bertz CT molecular complexity index is 642. The van der Waals surface area contributed by atoms with Crippen molar-refractivity contribution in [1.29, 1.82) is 0 Å². The standard InChI is InChI=1S/C15H18N4O/c1-10-5-6-12-11(8-10)4-3-7-19(12)15-13(20-2)14(16)17-9-18-15/h5-6,8-9H,3-4,7H2,1-2H3,(H2,16,17,18). The number of fused-ring (bicyclic) bond motifs is 1. The fraction of sp³-hybridized carbons (Fsp3) is 0.333. The molecular weight excluding hydrogens is 252 g/mol. The van der Waals surface area contributed by atoms with Gasteiger partial charge >= 0.3 is 0 Å². The molecule has 0 saturated heterocycles. The molecule has 0 unspecified atom stereocenters. The van der Waals surface area contributed by atoms with Gasteiger partial charge in [-0.2, -0.15) is 0 Å². The van der Waals surface area contributed by atoms with Gasteiger partial charge in [0, 0.05) is 12.2 Å². The normalized spacial score (nSPS) is 14.0. The summed E-state index contributed by atoms with van der Waals surface area (Å²) < 4.78 is 5.38. The second-order valence-corrected chi connectivity index (χ2v) is 5.00. The summed E-state index contributed by atoms with van der Waals surface area (Å²) in [5, 5.41) is 0. The number of nitrogens with zero attached hydrogens (tertiary/aromatic N) is 3. The Balaban J connectivity index is 2.11. The molecule has 0 fully saturated rings. The number of aryl methyl sites for hydroxylation is 2. The first-order chi connectivity index (χ1) is 9.70. The maximum absolute atomic E-state index is 5.88. The summed E-state index contributed by atoms with van der Waals surface area (Å²) in [4.78, 5) is 10.5. The number of rotatable bonds is 2. The highest BCUT2D eigenvalue weighted by Crippen LogP contribution is 2.38. The number of hydrogen-bond donors (Lipinski definition) is 1. The van der Waals surface area contributed by atoms with Crippen molar-refractivity contribution in [3.8, 4) is 5.75 Å². The second-order valence-electron chi connectivity index (χ2n) is 5.00. The summed E-state index contributed by atoms with van der Waals surface area (Å²) in [5.74, 6) is 1.66. The molecule has 0 aliphatic carbocycles. The van der Waals surface area contributed by atoms with Crippen LogP contribution in [0.3, 0.4) is 0 Å². The minimum absolute atomic E-state index is 0.372. The van der Waals surface area contributed by atoms with E-state index in [4.69, 9.17) is 10.5 Å². The van der Waals surface area contributed by atoms with Gasteiger partial charge in [-0.1, -0.05) is 17.7 Å². The van der Waals surface area contributed by atoms with E-state index in [1.54, 1.807) is 7.11 Å². The minimum Gasteiger partial charge on any atom is -0.490 e. The maximum atomic E-state index is 5.88. The lowest BCUT2D eigenvalue weighted by atomic mass is 9.99. The number of nitrogens with two attached hydrogens (primary N) is 1. The third kappa shape index (κ3) is 2.05. The highest BCUT2D eigenvalue weighted by Gasteiger charge is 2.23. The van der Waals surface area contributed by atoms with Gasteiger partial charge in [0.15, 0.2) is 11.6 Å². The largest absolute Gasteiger partial charge is 0.490 e. The molecule has 20 heavy (non-hydrogen) atoms.